The van der Waals surface area contributed by atoms with Gasteiger partial charge in [-0.15, -0.1) is 0 Å². The number of rotatable bonds is 0. The van der Waals surface area contributed by atoms with Crippen molar-refractivity contribution < 1.29 is 14.7 Å². The fourth-order valence-corrected chi connectivity index (χ4v) is 0. The number of hydrogen-bond donors (Lipinski definition) is 4. The molecule has 0 atom stereocenters. The molecule has 0 rings (SSSR count). The van der Waals surface area contributed by atoms with Gasteiger partial charge in [0.15, 0.2) is 0 Å². The van der Waals surface area contributed by atoms with Gasteiger partial charge in [-0.25, -0.2) is 0 Å². The first kappa shape index (κ1) is 9.46. The molecule has 0 aliphatic rings. The van der Waals surface area contributed by atoms with Crippen LogP contribution in [0.4, 0.5) is 0 Å². The van der Waals surface area contributed by atoms with Crippen LogP contribution in [0.1, 0.15) is 0 Å². The lowest BCUT2D eigenvalue weighted by molar-refractivity contribution is 0.361. The van der Waals surface area contributed by atoms with Gasteiger partial charge in [0.2, 0.25) is 7.57 Å². The lowest BCUT2D eigenvalue weighted by Gasteiger charge is -1.92. The van der Waals surface area contributed by atoms with Crippen molar-refractivity contribution in [2.45, 2.75) is 0 Å². The average molecular weight is 113 g/mol. The Hall–Kier alpha value is 0.140. The molecule has 0 spiro atoms. The van der Waals surface area contributed by atoms with Crippen molar-refractivity contribution in [3.63, 3.8) is 0 Å². The molecule has 6 N–H and O–H groups in total. The highest BCUT2D eigenvalue weighted by Crippen LogP contribution is 2.24. The van der Waals surface area contributed by atoms with E-state index in [2.05, 4.69) is 6.30 Å². The van der Waals surface area contributed by atoms with Gasteiger partial charge in [-0.1, -0.05) is 0 Å². The molecule has 0 bridgehead atoms. The summed E-state index contributed by atoms with van der Waals surface area (Å²) in [7, 11) is -3.64. The summed E-state index contributed by atoms with van der Waals surface area (Å²) in [4.78, 5) is 22.9. The molecule has 0 saturated carbocycles. The Morgan fingerprint density at radius 1 is 1.17 bits per heavy atom. The van der Waals surface area contributed by atoms with Crippen molar-refractivity contribution in [1.82, 2.24) is 6.15 Å². The third-order valence-electron chi connectivity index (χ3n) is 0. The van der Waals surface area contributed by atoms with Crippen molar-refractivity contribution in [3.05, 3.63) is 0 Å². The van der Waals surface area contributed by atoms with Crippen molar-refractivity contribution in [1.29, 1.82) is 0 Å². The van der Waals surface area contributed by atoms with Crippen molar-refractivity contribution >= 4 is 13.9 Å². The van der Waals surface area contributed by atoms with Crippen LogP contribution in [0.2, 0.25) is 0 Å². The van der Waals surface area contributed by atoms with Crippen molar-refractivity contribution in [2.24, 2.45) is 0 Å². The SMILES string of the molecule is C=P(O)(O)O.N. The van der Waals surface area contributed by atoms with Crippen LogP contribution < -0.4 is 6.15 Å². The molecule has 0 heterocycles. The first-order valence-electron chi connectivity index (χ1n) is 0.916. The van der Waals surface area contributed by atoms with E-state index in [0.717, 1.165) is 0 Å². The maximum Gasteiger partial charge on any atom is 0.242 e. The first-order chi connectivity index (χ1) is 2.00. The second-order valence-corrected chi connectivity index (χ2v) is 2.08. The Kier molecular flexibility index (Phi) is 3.69. The van der Waals surface area contributed by atoms with Gasteiger partial charge in [0.1, 0.15) is 0 Å². The molecule has 0 unspecified atom stereocenters. The predicted molar refractivity (Wildman–Crippen MR) is 25.7 cm³/mol. The minimum absolute atomic E-state index is 0. The monoisotopic (exact) mass is 113 g/mol. The Bertz CT molecular complexity index is 56.9. The van der Waals surface area contributed by atoms with Crippen LogP contribution in [0.3, 0.4) is 0 Å². The maximum absolute atomic E-state index is 7.63. The predicted octanol–water partition coefficient (Wildman–Crippen LogP) is -0.680. The zero-order valence-corrected chi connectivity index (χ0v) is 4.10. The van der Waals surface area contributed by atoms with Crippen molar-refractivity contribution in [2.75, 3.05) is 0 Å². The highest BCUT2D eigenvalue weighted by molar-refractivity contribution is 7.56. The minimum Gasteiger partial charge on any atom is -0.344 e. The smallest absolute Gasteiger partial charge is 0.242 e. The van der Waals surface area contributed by atoms with E-state index in [-0.39, 0.29) is 6.15 Å². The van der Waals surface area contributed by atoms with E-state index in [0.29, 0.717) is 0 Å². The highest BCUT2D eigenvalue weighted by atomic mass is 31.2. The summed E-state index contributed by atoms with van der Waals surface area (Å²) in [5, 5.41) is 0. The third-order valence-corrected chi connectivity index (χ3v) is 0. The summed E-state index contributed by atoms with van der Waals surface area (Å²) in [6, 6.07) is 0. The average Bonchev–Trinajstić information content (AvgIpc) is 0.722. The van der Waals surface area contributed by atoms with Crippen LogP contribution in [0.25, 0.3) is 0 Å². The minimum atomic E-state index is -3.64. The van der Waals surface area contributed by atoms with E-state index in [9.17, 15) is 0 Å². The highest BCUT2D eigenvalue weighted by Gasteiger charge is 1.87. The fourth-order valence-electron chi connectivity index (χ4n) is 0. The second-order valence-electron chi connectivity index (χ2n) is 0.693. The normalized spacial score (nSPS) is 9.83. The zero-order valence-electron chi connectivity index (χ0n) is 3.20. The van der Waals surface area contributed by atoms with Gasteiger partial charge in [-0.2, -0.15) is 0 Å². The van der Waals surface area contributed by atoms with Gasteiger partial charge in [0.05, 0.1) is 0 Å². The molecule has 4 nitrogen and oxygen atoms in total. The van der Waals surface area contributed by atoms with Gasteiger partial charge < -0.3 is 20.8 Å². The van der Waals surface area contributed by atoms with Crippen LogP contribution in [-0.2, 0) is 0 Å². The van der Waals surface area contributed by atoms with Crippen LogP contribution in [0.15, 0.2) is 0 Å². The third kappa shape index (κ3) is 2080. The van der Waals surface area contributed by atoms with Gasteiger partial charge >= 0.3 is 0 Å². The molecule has 0 saturated heterocycles. The largest absolute Gasteiger partial charge is 0.344 e. The van der Waals surface area contributed by atoms with Crippen LogP contribution in [0.5, 0.6) is 0 Å². The quantitative estimate of drug-likeness (QED) is 0.313. The standard InChI is InChI=1S/CH5O3P.H3N/c1-5(2,3)4;/h2-4H,1H2;1H3. The Morgan fingerprint density at radius 2 is 1.17 bits per heavy atom. The van der Waals surface area contributed by atoms with Crippen LogP contribution in [-0.4, -0.2) is 21.0 Å². The molecule has 0 aliphatic heterocycles. The van der Waals surface area contributed by atoms with Crippen LogP contribution in [0, 0.1) is 0 Å². The van der Waals surface area contributed by atoms with E-state index < -0.39 is 7.57 Å². The summed E-state index contributed by atoms with van der Waals surface area (Å²) >= 11 is 0. The summed E-state index contributed by atoms with van der Waals surface area (Å²) in [5.74, 6) is 0. The molecule has 40 valence electrons. The van der Waals surface area contributed by atoms with E-state index in [1.54, 1.807) is 0 Å². The van der Waals surface area contributed by atoms with Gasteiger partial charge in [0, 0.05) is 0 Å². The molecule has 0 aliphatic carbocycles. The number of hydrogen-bond acceptors (Lipinski definition) is 4. The van der Waals surface area contributed by atoms with Gasteiger partial charge in [0.25, 0.3) is 0 Å². The van der Waals surface area contributed by atoms with E-state index >= 15 is 0 Å². The Balaban J connectivity index is 0. The molecule has 0 aromatic rings. The summed E-state index contributed by atoms with van der Waals surface area (Å²) in [5.41, 5.74) is 0. The Labute approximate surface area is 35.9 Å². The fraction of sp³-hybridized carbons (Fsp3) is 0. The summed E-state index contributed by atoms with van der Waals surface area (Å²) < 4.78 is 0. The molecule has 0 fully saturated rings. The molecule has 6 heavy (non-hydrogen) atoms. The molecule has 5 heteroatoms. The van der Waals surface area contributed by atoms with E-state index in [4.69, 9.17) is 14.7 Å². The zero-order chi connectivity index (χ0) is 4.50. The molecule has 0 radical (unpaired) electrons. The summed E-state index contributed by atoms with van der Waals surface area (Å²) in [6.07, 6.45) is 2.55. The lowest BCUT2D eigenvalue weighted by Crippen LogP contribution is -1.67. The van der Waals surface area contributed by atoms with E-state index in [1.165, 1.54) is 0 Å². The molecule has 0 aromatic heterocycles. The first-order valence-corrected chi connectivity index (χ1v) is 2.75. The Morgan fingerprint density at radius 3 is 1.17 bits per heavy atom. The maximum atomic E-state index is 7.63. The molecular weight excluding hydrogens is 105 g/mol. The van der Waals surface area contributed by atoms with Crippen molar-refractivity contribution in [3.8, 4) is 0 Å². The van der Waals surface area contributed by atoms with E-state index in [1.807, 2.05) is 0 Å². The van der Waals surface area contributed by atoms with Gasteiger partial charge in [-0.05, 0) is 6.30 Å². The molecule has 0 amide bonds. The molecule has 0 aromatic carbocycles. The topological polar surface area (TPSA) is 95.7 Å². The summed E-state index contributed by atoms with van der Waals surface area (Å²) in [6.45, 7) is 0. The second kappa shape index (κ2) is 2.34. The molecular formula is CH8NO3P. The van der Waals surface area contributed by atoms with Crippen LogP contribution >= 0.6 is 7.57 Å². The van der Waals surface area contributed by atoms with Gasteiger partial charge in [-0.3, -0.25) is 0 Å². The lowest BCUT2D eigenvalue weighted by atomic mass is 12.0.